The molecule has 0 bridgehead atoms. The summed E-state index contributed by atoms with van der Waals surface area (Å²) in [5.74, 6) is 1.46. The van der Waals surface area contributed by atoms with E-state index in [1.807, 2.05) is 67.3 Å². The van der Waals surface area contributed by atoms with Crippen LogP contribution in [-0.2, 0) is 6.54 Å². The molecule has 0 aromatic heterocycles. The van der Waals surface area contributed by atoms with Crippen molar-refractivity contribution < 1.29 is 9.53 Å². The maximum Gasteiger partial charge on any atom is 0.251 e. The van der Waals surface area contributed by atoms with Crippen molar-refractivity contribution in [1.29, 1.82) is 0 Å². The van der Waals surface area contributed by atoms with Crippen molar-refractivity contribution in [3.63, 3.8) is 0 Å². The fraction of sp³-hybridized carbons (Fsp3) is 0.391. The molecule has 2 aromatic carbocycles. The standard InChI is InChI=1S/C23H32ClN5O2.HI/c1-25-23(29(4)14-15-31-21-10-8-20(24)9-11-21)27-17-18-6-5-7-19(16-18)22(30)26-12-13-28(2)3;/h5-11,16H,12-15,17H2,1-4H3,(H,25,27)(H,26,30);1H. The molecule has 2 rings (SSSR count). The van der Waals surface area contributed by atoms with Crippen molar-refractivity contribution in [3.05, 3.63) is 64.7 Å². The Balaban J connectivity index is 0.00000512. The third-order valence-electron chi connectivity index (χ3n) is 4.57. The molecule has 32 heavy (non-hydrogen) atoms. The summed E-state index contributed by atoms with van der Waals surface area (Å²) in [5, 5.41) is 6.95. The quantitative estimate of drug-likeness (QED) is 0.259. The van der Waals surface area contributed by atoms with Crippen LogP contribution in [-0.4, -0.2) is 76.1 Å². The molecular weight excluding hydrogens is 541 g/mol. The number of ether oxygens (including phenoxy) is 1. The number of benzene rings is 2. The Bertz CT molecular complexity index is 862. The highest BCUT2D eigenvalue weighted by molar-refractivity contribution is 14.0. The predicted molar refractivity (Wildman–Crippen MR) is 143 cm³/mol. The van der Waals surface area contributed by atoms with Crippen LogP contribution in [0.1, 0.15) is 15.9 Å². The molecule has 2 N–H and O–H groups in total. The third-order valence-corrected chi connectivity index (χ3v) is 4.82. The lowest BCUT2D eigenvalue weighted by atomic mass is 10.1. The lowest BCUT2D eigenvalue weighted by Crippen LogP contribution is -2.40. The van der Waals surface area contributed by atoms with Crippen LogP contribution in [0.4, 0.5) is 0 Å². The van der Waals surface area contributed by atoms with Crippen molar-refractivity contribution in [2.75, 3.05) is 54.4 Å². The van der Waals surface area contributed by atoms with E-state index < -0.39 is 0 Å². The van der Waals surface area contributed by atoms with E-state index in [0.717, 1.165) is 23.8 Å². The largest absolute Gasteiger partial charge is 0.492 e. The third kappa shape index (κ3) is 10.1. The second kappa shape index (κ2) is 14.9. The minimum Gasteiger partial charge on any atom is -0.492 e. The average Bonchev–Trinajstić information content (AvgIpc) is 2.75. The summed E-state index contributed by atoms with van der Waals surface area (Å²) in [6.45, 7) is 3.16. The second-order valence-electron chi connectivity index (χ2n) is 7.38. The Morgan fingerprint density at radius 2 is 1.78 bits per heavy atom. The number of carbonyl (C=O) groups is 1. The Morgan fingerprint density at radius 3 is 2.44 bits per heavy atom. The summed E-state index contributed by atoms with van der Waals surface area (Å²) in [4.78, 5) is 20.7. The summed E-state index contributed by atoms with van der Waals surface area (Å²) in [7, 11) is 7.65. The highest BCUT2D eigenvalue weighted by Crippen LogP contribution is 2.15. The van der Waals surface area contributed by atoms with Gasteiger partial charge in [0.1, 0.15) is 12.4 Å². The van der Waals surface area contributed by atoms with Crippen molar-refractivity contribution in [3.8, 4) is 5.75 Å². The van der Waals surface area contributed by atoms with Crippen LogP contribution in [0.25, 0.3) is 0 Å². The molecule has 176 valence electrons. The Hall–Kier alpha value is -2.04. The van der Waals surface area contributed by atoms with Gasteiger partial charge in [0.2, 0.25) is 0 Å². The van der Waals surface area contributed by atoms with Crippen LogP contribution in [0.5, 0.6) is 5.75 Å². The molecular formula is C23H33ClIN5O2. The number of guanidine groups is 1. The number of nitrogens with zero attached hydrogens (tertiary/aromatic N) is 3. The van der Waals surface area contributed by atoms with E-state index in [4.69, 9.17) is 16.3 Å². The van der Waals surface area contributed by atoms with E-state index in [-0.39, 0.29) is 29.9 Å². The molecule has 0 spiro atoms. The van der Waals surface area contributed by atoms with Gasteiger partial charge in [-0.05, 0) is 56.1 Å². The van der Waals surface area contributed by atoms with Gasteiger partial charge in [-0.1, -0.05) is 23.7 Å². The number of nitrogens with one attached hydrogen (secondary N) is 2. The van der Waals surface area contributed by atoms with Gasteiger partial charge in [0.05, 0.1) is 6.54 Å². The maximum absolute atomic E-state index is 12.3. The molecule has 0 radical (unpaired) electrons. The SMILES string of the molecule is CN=C(NCc1cccc(C(=O)NCCN(C)C)c1)N(C)CCOc1ccc(Cl)cc1.I. The molecule has 0 saturated carbocycles. The first-order valence-electron chi connectivity index (χ1n) is 10.2. The minimum absolute atomic E-state index is 0. The Morgan fingerprint density at radius 1 is 1.06 bits per heavy atom. The van der Waals surface area contributed by atoms with E-state index in [9.17, 15) is 4.79 Å². The van der Waals surface area contributed by atoms with E-state index in [1.54, 1.807) is 19.2 Å². The van der Waals surface area contributed by atoms with Crippen molar-refractivity contribution >= 4 is 47.4 Å². The predicted octanol–water partition coefficient (Wildman–Crippen LogP) is 3.34. The van der Waals surface area contributed by atoms with E-state index in [2.05, 4.69) is 15.6 Å². The number of hydrogen-bond acceptors (Lipinski definition) is 4. The van der Waals surface area contributed by atoms with Gasteiger partial charge in [0, 0.05) is 44.3 Å². The lowest BCUT2D eigenvalue weighted by molar-refractivity contribution is 0.0951. The molecule has 0 atom stereocenters. The summed E-state index contributed by atoms with van der Waals surface area (Å²) in [6, 6.07) is 14.9. The maximum atomic E-state index is 12.3. The van der Waals surface area contributed by atoms with Crippen molar-refractivity contribution in [2.45, 2.75) is 6.54 Å². The minimum atomic E-state index is -0.0652. The highest BCUT2D eigenvalue weighted by Gasteiger charge is 2.09. The van der Waals surface area contributed by atoms with Gasteiger partial charge in [-0.25, -0.2) is 0 Å². The summed E-state index contributed by atoms with van der Waals surface area (Å²) in [6.07, 6.45) is 0. The monoisotopic (exact) mass is 573 g/mol. The van der Waals surface area contributed by atoms with Crippen LogP contribution in [0.3, 0.4) is 0 Å². The average molecular weight is 574 g/mol. The fourth-order valence-electron chi connectivity index (χ4n) is 2.82. The number of carbonyl (C=O) groups excluding carboxylic acids is 1. The molecule has 0 aliphatic heterocycles. The molecule has 0 saturated heterocycles. The van der Waals surface area contributed by atoms with E-state index in [1.165, 1.54) is 0 Å². The normalized spacial score (nSPS) is 11.0. The van der Waals surface area contributed by atoms with Crippen LogP contribution in [0.2, 0.25) is 5.02 Å². The second-order valence-corrected chi connectivity index (χ2v) is 7.82. The van der Waals surface area contributed by atoms with Gasteiger partial charge < -0.3 is 25.2 Å². The van der Waals surface area contributed by atoms with Gasteiger partial charge in [-0.3, -0.25) is 9.79 Å². The van der Waals surface area contributed by atoms with E-state index >= 15 is 0 Å². The zero-order valence-electron chi connectivity index (χ0n) is 19.1. The van der Waals surface area contributed by atoms with Crippen LogP contribution >= 0.6 is 35.6 Å². The van der Waals surface area contributed by atoms with Crippen LogP contribution in [0.15, 0.2) is 53.5 Å². The molecule has 9 heteroatoms. The zero-order valence-corrected chi connectivity index (χ0v) is 22.2. The lowest BCUT2D eigenvalue weighted by Gasteiger charge is -2.22. The van der Waals surface area contributed by atoms with Gasteiger partial charge in [0.15, 0.2) is 5.96 Å². The summed E-state index contributed by atoms with van der Waals surface area (Å²) >= 11 is 5.89. The molecule has 1 amide bonds. The van der Waals surface area contributed by atoms with Crippen molar-refractivity contribution in [2.24, 2.45) is 4.99 Å². The van der Waals surface area contributed by atoms with Gasteiger partial charge in [0.25, 0.3) is 5.91 Å². The number of rotatable bonds is 10. The molecule has 0 fully saturated rings. The van der Waals surface area contributed by atoms with Crippen LogP contribution in [0, 0.1) is 0 Å². The molecule has 0 unspecified atom stereocenters. The first-order chi connectivity index (χ1) is 14.9. The Kier molecular flexibility index (Phi) is 13.0. The number of aliphatic imine (C=N–C) groups is 1. The zero-order chi connectivity index (χ0) is 22.6. The van der Waals surface area contributed by atoms with Gasteiger partial charge in [-0.2, -0.15) is 0 Å². The Labute approximate surface area is 213 Å². The summed E-state index contributed by atoms with van der Waals surface area (Å²) < 4.78 is 5.75. The molecule has 0 heterocycles. The number of amides is 1. The highest BCUT2D eigenvalue weighted by atomic mass is 127. The molecule has 0 aliphatic carbocycles. The molecule has 7 nitrogen and oxygen atoms in total. The number of likely N-dealkylation sites (N-methyl/N-ethyl adjacent to an activating group) is 2. The fourth-order valence-corrected chi connectivity index (χ4v) is 2.95. The van der Waals surface area contributed by atoms with Gasteiger partial charge in [-0.15, -0.1) is 24.0 Å². The first-order valence-corrected chi connectivity index (χ1v) is 10.6. The smallest absolute Gasteiger partial charge is 0.251 e. The summed E-state index contributed by atoms with van der Waals surface area (Å²) in [5.41, 5.74) is 1.66. The molecule has 2 aromatic rings. The topological polar surface area (TPSA) is 69.2 Å². The van der Waals surface area contributed by atoms with Crippen molar-refractivity contribution in [1.82, 2.24) is 20.4 Å². The number of halogens is 2. The number of hydrogen-bond donors (Lipinski definition) is 2. The van der Waals surface area contributed by atoms with E-state index in [0.29, 0.717) is 36.8 Å². The van der Waals surface area contributed by atoms with Gasteiger partial charge >= 0.3 is 0 Å². The van der Waals surface area contributed by atoms with Crippen LogP contribution < -0.4 is 15.4 Å². The molecule has 0 aliphatic rings. The first kappa shape index (κ1) is 28.0.